The molecule has 0 radical (unpaired) electrons. The van der Waals surface area contributed by atoms with Crippen LogP contribution in [-0.4, -0.2) is 35.0 Å². The Morgan fingerprint density at radius 2 is 1.96 bits per heavy atom. The number of nitrogens with zero attached hydrogens (tertiary/aromatic N) is 3. The summed E-state index contributed by atoms with van der Waals surface area (Å²) in [4.78, 5) is 23.4. The maximum absolute atomic E-state index is 12.1. The zero-order valence-electron chi connectivity index (χ0n) is 15.7. The van der Waals surface area contributed by atoms with E-state index in [0.717, 1.165) is 36.6 Å². The Morgan fingerprint density at radius 1 is 1.26 bits per heavy atom. The predicted molar refractivity (Wildman–Crippen MR) is 112 cm³/mol. The van der Waals surface area contributed by atoms with Crippen LogP contribution in [0.5, 0.6) is 0 Å². The SMILES string of the molecule is CC[C@@H](C)NC(=O)c1ccc(CSc2nc(Cl)cc(N3CCCC3)n2)cc1. The van der Waals surface area contributed by atoms with Crippen LogP contribution in [0.2, 0.25) is 5.15 Å². The second kappa shape index (κ2) is 9.42. The molecule has 2 aromatic rings. The molecule has 3 rings (SSSR count). The maximum atomic E-state index is 12.1. The van der Waals surface area contributed by atoms with Gasteiger partial charge in [0.05, 0.1) is 0 Å². The van der Waals surface area contributed by atoms with Crippen LogP contribution < -0.4 is 10.2 Å². The van der Waals surface area contributed by atoms with E-state index in [2.05, 4.69) is 27.1 Å². The van der Waals surface area contributed by atoms with Crippen molar-refractivity contribution >= 4 is 35.1 Å². The van der Waals surface area contributed by atoms with Gasteiger partial charge in [0, 0.05) is 36.5 Å². The number of halogens is 1. The number of nitrogens with one attached hydrogen (secondary N) is 1. The Balaban J connectivity index is 1.60. The Morgan fingerprint density at radius 3 is 2.63 bits per heavy atom. The molecule has 0 bridgehead atoms. The normalized spacial score (nSPS) is 15.0. The lowest BCUT2D eigenvalue weighted by molar-refractivity contribution is 0.0939. The van der Waals surface area contributed by atoms with E-state index >= 15 is 0 Å². The number of rotatable bonds is 7. The predicted octanol–water partition coefficient (Wildman–Crippen LogP) is 4.55. The molecule has 2 heterocycles. The number of benzene rings is 1. The van der Waals surface area contributed by atoms with Crippen molar-refractivity contribution in [2.75, 3.05) is 18.0 Å². The number of carbonyl (C=O) groups excluding carboxylic acids is 1. The third-order valence-electron chi connectivity index (χ3n) is 4.66. The smallest absolute Gasteiger partial charge is 0.251 e. The molecule has 7 heteroatoms. The Bertz CT molecular complexity index is 778. The Labute approximate surface area is 169 Å². The molecule has 0 aliphatic carbocycles. The zero-order chi connectivity index (χ0) is 19.2. The second-order valence-electron chi connectivity index (χ2n) is 6.79. The van der Waals surface area contributed by atoms with Crippen molar-refractivity contribution in [2.45, 2.75) is 50.1 Å². The average molecular weight is 405 g/mol. The molecule has 0 unspecified atom stereocenters. The van der Waals surface area contributed by atoms with Crippen molar-refractivity contribution in [1.29, 1.82) is 0 Å². The lowest BCUT2D eigenvalue weighted by Crippen LogP contribution is -2.31. The van der Waals surface area contributed by atoms with Gasteiger partial charge in [0.15, 0.2) is 5.16 Å². The summed E-state index contributed by atoms with van der Waals surface area (Å²) in [5.74, 6) is 1.61. The first kappa shape index (κ1) is 20.0. The average Bonchev–Trinajstić information content (AvgIpc) is 3.21. The van der Waals surface area contributed by atoms with Gasteiger partial charge < -0.3 is 10.2 Å². The van der Waals surface area contributed by atoms with E-state index in [0.29, 0.717) is 15.9 Å². The molecule has 1 amide bonds. The lowest BCUT2D eigenvalue weighted by Gasteiger charge is -2.16. The fourth-order valence-electron chi connectivity index (χ4n) is 2.87. The van der Waals surface area contributed by atoms with Crippen LogP contribution in [0, 0.1) is 0 Å². The molecular formula is C20H25ClN4OS. The van der Waals surface area contributed by atoms with Crippen LogP contribution in [0.15, 0.2) is 35.5 Å². The molecule has 1 aliphatic rings. The van der Waals surface area contributed by atoms with Crippen LogP contribution in [0.25, 0.3) is 0 Å². The van der Waals surface area contributed by atoms with Gasteiger partial charge in [-0.1, -0.05) is 42.4 Å². The van der Waals surface area contributed by atoms with Crippen LogP contribution in [-0.2, 0) is 5.75 Å². The third kappa shape index (κ3) is 5.59. The van der Waals surface area contributed by atoms with Gasteiger partial charge in [-0.25, -0.2) is 9.97 Å². The first-order valence-corrected chi connectivity index (χ1v) is 10.7. The summed E-state index contributed by atoms with van der Waals surface area (Å²) in [5.41, 5.74) is 1.80. The molecule has 0 saturated carbocycles. The van der Waals surface area contributed by atoms with Gasteiger partial charge in [-0.05, 0) is 43.9 Å². The summed E-state index contributed by atoms with van der Waals surface area (Å²) in [6, 6.07) is 9.69. The third-order valence-corrected chi connectivity index (χ3v) is 5.78. The summed E-state index contributed by atoms with van der Waals surface area (Å²) in [6.45, 7) is 6.11. The van der Waals surface area contributed by atoms with Crippen LogP contribution in [0.4, 0.5) is 5.82 Å². The molecule has 1 saturated heterocycles. The van der Waals surface area contributed by atoms with Crippen molar-refractivity contribution < 1.29 is 4.79 Å². The van der Waals surface area contributed by atoms with Gasteiger partial charge in [0.25, 0.3) is 5.91 Å². The van der Waals surface area contributed by atoms with Gasteiger partial charge in [0.1, 0.15) is 11.0 Å². The summed E-state index contributed by atoms with van der Waals surface area (Å²) < 4.78 is 0. The molecule has 144 valence electrons. The number of hydrogen-bond acceptors (Lipinski definition) is 5. The number of carbonyl (C=O) groups is 1. The Kier molecular flexibility index (Phi) is 6.96. The molecular weight excluding hydrogens is 380 g/mol. The van der Waals surface area contributed by atoms with Crippen LogP contribution >= 0.6 is 23.4 Å². The maximum Gasteiger partial charge on any atom is 0.251 e. The second-order valence-corrected chi connectivity index (χ2v) is 8.12. The number of hydrogen-bond donors (Lipinski definition) is 1. The number of amides is 1. The minimum Gasteiger partial charge on any atom is -0.356 e. The number of aromatic nitrogens is 2. The largest absolute Gasteiger partial charge is 0.356 e. The lowest BCUT2D eigenvalue weighted by atomic mass is 10.1. The Hall–Kier alpha value is -1.79. The molecule has 27 heavy (non-hydrogen) atoms. The number of anilines is 1. The summed E-state index contributed by atoms with van der Waals surface area (Å²) in [5, 5.41) is 4.14. The van der Waals surface area contributed by atoms with E-state index in [1.54, 1.807) is 11.8 Å². The van der Waals surface area contributed by atoms with E-state index in [4.69, 9.17) is 11.6 Å². The van der Waals surface area contributed by atoms with Crippen molar-refractivity contribution in [2.24, 2.45) is 0 Å². The first-order chi connectivity index (χ1) is 13.0. The van der Waals surface area contributed by atoms with E-state index in [9.17, 15) is 4.79 Å². The van der Waals surface area contributed by atoms with Crippen molar-refractivity contribution in [3.63, 3.8) is 0 Å². The highest BCUT2D eigenvalue weighted by Gasteiger charge is 2.16. The van der Waals surface area contributed by atoms with Crippen LogP contribution in [0.3, 0.4) is 0 Å². The van der Waals surface area contributed by atoms with Gasteiger partial charge in [-0.15, -0.1) is 0 Å². The molecule has 1 aliphatic heterocycles. The van der Waals surface area contributed by atoms with Crippen molar-refractivity contribution in [1.82, 2.24) is 15.3 Å². The molecule has 1 N–H and O–H groups in total. The topological polar surface area (TPSA) is 58.1 Å². The fourth-order valence-corrected chi connectivity index (χ4v) is 3.90. The minimum atomic E-state index is -0.0306. The monoisotopic (exact) mass is 404 g/mol. The molecule has 5 nitrogen and oxygen atoms in total. The van der Waals surface area contributed by atoms with Crippen molar-refractivity contribution in [3.05, 3.63) is 46.6 Å². The van der Waals surface area contributed by atoms with Crippen LogP contribution in [0.1, 0.15) is 49.0 Å². The fraction of sp³-hybridized carbons (Fsp3) is 0.450. The van der Waals surface area contributed by atoms with Gasteiger partial charge in [-0.2, -0.15) is 0 Å². The standard InChI is InChI=1S/C20H25ClN4OS/c1-3-14(2)22-19(26)16-8-6-15(7-9-16)13-27-20-23-17(21)12-18(24-20)25-10-4-5-11-25/h6-9,12,14H,3-5,10-11,13H2,1-2H3,(H,22,26)/t14-/m1/s1. The molecule has 1 aromatic carbocycles. The highest BCUT2D eigenvalue weighted by molar-refractivity contribution is 7.98. The zero-order valence-corrected chi connectivity index (χ0v) is 17.3. The van der Waals surface area contributed by atoms with Gasteiger partial charge >= 0.3 is 0 Å². The highest BCUT2D eigenvalue weighted by Crippen LogP contribution is 2.26. The van der Waals surface area contributed by atoms with E-state index in [1.165, 1.54) is 12.8 Å². The quantitative estimate of drug-likeness (QED) is 0.416. The molecule has 0 spiro atoms. The van der Waals surface area contributed by atoms with Crippen molar-refractivity contribution in [3.8, 4) is 0 Å². The molecule has 1 fully saturated rings. The first-order valence-electron chi connectivity index (χ1n) is 9.37. The summed E-state index contributed by atoms with van der Waals surface area (Å²) in [6.07, 6.45) is 3.31. The number of thioether (sulfide) groups is 1. The van der Waals surface area contributed by atoms with E-state index in [1.807, 2.05) is 37.3 Å². The van der Waals surface area contributed by atoms with E-state index in [-0.39, 0.29) is 11.9 Å². The van der Waals surface area contributed by atoms with E-state index < -0.39 is 0 Å². The highest BCUT2D eigenvalue weighted by atomic mass is 35.5. The van der Waals surface area contributed by atoms with Gasteiger partial charge in [0.2, 0.25) is 0 Å². The summed E-state index contributed by atoms with van der Waals surface area (Å²) >= 11 is 7.74. The molecule has 1 aromatic heterocycles. The summed E-state index contributed by atoms with van der Waals surface area (Å²) in [7, 11) is 0. The van der Waals surface area contributed by atoms with Gasteiger partial charge in [-0.3, -0.25) is 4.79 Å². The molecule has 1 atom stereocenters. The minimum absolute atomic E-state index is 0.0306.